The molecule has 30 heavy (non-hydrogen) atoms. The largest absolute Gasteiger partial charge is 0.573 e. The number of fused-ring (bicyclic) bond motifs is 1. The molecule has 0 bridgehead atoms. The van der Waals surface area contributed by atoms with Crippen LogP contribution in [0.25, 0.3) is 11.0 Å². The Hall–Kier alpha value is -3.10. The lowest BCUT2D eigenvalue weighted by molar-refractivity contribution is -0.274. The molecular formula is C21H21F3N4O2. The summed E-state index contributed by atoms with van der Waals surface area (Å²) in [5.41, 5.74) is 3.44. The average molecular weight is 418 g/mol. The van der Waals surface area contributed by atoms with Gasteiger partial charge in [0.2, 0.25) is 0 Å². The van der Waals surface area contributed by atoms with Crippen molar-refractivity contribution in [3.05, 3.63) is 52.8 Å². The van der Waals surface area contributed by atoms with E-state index in [1.807, 2.05) is 13.0 Å². The first-order valence-corrected chi connectivity index (χ1v) is 9.63. The highest BCUT2D eigenvalue weighted by molar-refractivity contribution is 6.06. The van der Waals surface area contributed by atoms with Crippen molar-refractivity contribution in [1.29, 1.82) is 0 Å². The molecule has 0 spiro atoms. The maximum atomic E-state index is 13.1. The van der Waals surface area contributed by atoms with Crippen LogP contribution in [0.15, 0.2) is 30.3 Å². The minimum Gasteiger partial charge on any atom is -0.406 e. The van der Waals surface area contributed by atoms with Crippen LogP contribution in [0, 0.1) is 6.92 Å². The second kappa shape index (κ2) is 7.30. The van der Waals surface area contributed by atoms with Gasteiger partial charge in [-0.1, -0.05) is 12.1 Å². The molecule has 6 nitrogen and oxygen atoms in total. The zero-order valence-electron chi connectivity index (χ0n) is 16.7. The molecule has 1 unspecified atom stereocenters. The van der Waals surface area contributed by atoms with Gasteiger partial charge >= 0.3 is 6.36 Å². The number of nitrogens with zero attached hydrogens (tertiary/aromatic N) is 3. The van der Waals surface area contributed by atoms with Crippen molar-refractivity contribution in [3.8, 4) is 5.75 Å². The lowest BCUT2D eigenvalue weighted by Crippen LogP contribution is -2.27. The van der Waals surface area contributed by atoms with E-state index in [1.54, 1.807) is 18.7 Å². The zero-order valence-corrected chi connectivity index (χ0v) is 16.7. The Labute approximate surface area is 171 Å². The van der Waals surface area contributed by atoms with E-state index in [9.17, 15) is 18.0 Å². The Morgan fingerprint density at radius 2 is 1.93 bits per heavy atom. The van der Waals surface area contributed by atoms with Gasteiger partial charge < -0.3 is 10.1 Å². The monoisotopic (exact) mass is 418 g/mol. The van der Waals surface area contributed by atoms with Crippen LogP contribution < -0.4 is 10.1 Å². The van der Waals surface area contributed by atoms with Gasteiger partial charge in [-0.2, -0.15) is 5.10 Å². The highest BCUT2D eigenvalue weighted by Gasteiger charge is 2.31. The molecule has 9 heteroatoms. The number of halogens is 3. The van der Waals surface area contributed by atoms with Gasteiger partial charge in [-0.3, -0.25) is 9.48 Å². The summed E-state index contributed by atoms with van der Waals surface area (Å²) < 4.78 is 42.5. The Morgan fingerprint density at radius 3 is 2.53 bits per heavy atom. The lowest BCUT2D eigenvalue weighted by atomic mass is 10.0. The number of nitrogens with one attached hydrogen (secondary N) is 1. The molecular weight excluding hydrogens is 397 g/mol. The highest BCUT2D eigenvalue weighted by atomic mass is 19.4. The predicted octanol–water partition coefficient (Wildman–Crippen LogP) is 4.54. The van der Waals surface area contributed by atoms with Crippen LogP contribution in [0.2, 0.25) is 0 Å². The van der Waals surface area contributed by atoms with Gasteiger partial charge in [-0.15, -0.1) is 13.2 Å². The van der Waals surface area contributed by atoms with Crippen LogP contribution in [-0.2, 0) is 7.05 Å². The Kier molecular flexibility index (Phi) is 4.91. The van der Waals surface area contributed by atoms with Crippen molar-refractivity contribution in [2.75, 3.05) is 0 Å². The van der Waals surface area contributed by atoms with Crippen molar-refractivity contribution in [3.63, 3.8) is 0 Å². The van der Waals surface area contributed by atoms with Crippen molar-refractivity contribution in [2.24, 2.45) is 7.05 Å². The van der Waals surface area contributed by atoms with Crippen molar-refractivity contribution in [1.82, 2.24) is 20.1 Å². The van der Waals surface area contributed by atoms with E-state index in [1.165, 1.54) is 24.3 Å². The standard InChI is InChI=1S/C21H21F3N4O2/c1-11(13-6-8-15(9-7-13)30-21(22,23)24)25-20(29)16-10-17(14-4-5-14)26-19-18(16)12(2)27-28(19)3/h6-11,14H,4-5H2,1-3H3,(H,25,29). The van der Waals surface area contributed by atoms with Gasteiger partial charge in [0.15, 0.2) is 5.65 Å². The van der Waals surface area contributed by atoms with Gasteiger partial charge in [0.1, 0.15) is 5.75 Å². The smallest absolute Gasteiger partial charge is 0.406 e. The third-order valence-electron chi connectivity index (χ3n) is 5.19. The van der Waals surface area contributed by atoms with Crippen LogP contribution in [0.5, 0.6) is 5.75 Å². The average Bonchev–Trinajstić information content (AvgIpc) is 3.47. The van der Waals surface area contributed by atoms with Crippen LogP contribution >= 0.6 is 0 Å². The molecule has 1 amide bonds. The summed E-state index contributed by atoms with van der Waals surface area (Å²) in [6, 6.07) is 6.87. The van der Waals surface area contributed by atoms with Crippen LogP contribution in [0.1, 0.15) is 59.0 Å². The third kappa shape index (κ3) is 4.10. The number of ether oxygens (including phenoxy) is 1. The molecule has 158 valence electrons. The quantitative estimate of drug-likeness (QED) is 0.660. The van der Waals surface area contributed by atoms with Gasteiger partial charge in [0.05, 0.1) is 22.7 Å². The number of hydrogen-bond acceptors (Lipinski definition) is 4. The van der Waals surface area contributed by atoms with Gasteiger partial charge in [-0.05, 0) is 50.5 Å². The molecule has 1 fully saturated rings. The number of benzene rings is 1. The van der Waals surface area contributed by atoms with Crippen LogP contribution in [0.4, 0.5) is 13.2 Å². The van der Waals surface area contributed by atoms with Crippen molar-refractivity contribution >= 4 is 16.9 Å². The first-order valence-electron chi connectivity index (χ1n) is 9.63. The number of alkyl halides is 3. The first kappa shape index (κ1) is 20.2. The molecule has 0 aliphatic heterocycles. The fraction of sp³-hybridized carbons (Fsp3) is 0.381. The maximum absolute atomic E-state index is 13.1. The van der Waals surface area contributed by atoms with Gasteiger partial charge in [-0.25, -0.2) is 4.98 Å². The van der Waals surface area contributed by atoms with Crippen molar-refractivity contribution < 1.29 is 22.7 Å². The molecule has 2 heterocycles. The van der Waals surface area contributed by atoms with E-state index >= 15 is 0 Å². The molecule has 0 saturated heterocycles. The molecule has 1 N–H and O–H groups in total. The second-order valence-corrected chi connectivity index (χ2v) is 7.59. The predicted molar refractivity (Wildman–Crippen MR) is 104 cm³/mol. The lowest BCUT2D eigenvalue weighted by Gasteiger charge is -2.16. The summed E-state index contributed by atoms with van der Waals surface area (Å²) in [4.78, 5) is 17.8. The maximum Gasteiger partial charge on any atom is 0.573 e. The number of amides is 1. The molecule has 1 aliphatic rings. The van der Waals surface area contributed by atoms with E-state index in [0.717, 1.165) is 18.5 Å². The van der Waals surface area contributed by atoms with Gasteiger partial charge in [0.25, 0.3) is 5.91 Å². The molecule has 1 aliphatic carbocycles. The molecule has 3 aromatic rings. The number of pyridine rings is 1. The fourth-order valence-corrected chi connectivity index (χ4v) is 3.55. The first-order chi connectivity index (χ1) is 14.1. The van der Waals surface area contributed by atoms with E-state index in [2.05, 4.69) is 15.2 Å². The number of aryl methyl sites for hydroxylation is 2. The third-order valence-corrected chi connectivity index (χ3v) is 5.19. The van der Waals surface area contributed by atoms with Crippen molar-refractivity contribution in [2.45, 2.75) is 45.0 Å². The highest BCUT2D eigenvalue weighted by Crippen LogP contribution is 2.40. The summed E-state index contributed by atoms with van der Waals surface area (Å²) in [5.74, 6) is -0.209. The SMILES string of the molecule is Cc1nn(C)c2nc(C3CC3)cc(C(=O)NC(C)c3ccc(OC(F)(F)F)cc3)c12. The molecule has 0 radical (unpaired) electrons. The summed E-state index contributed by atoms with van der Waals surface area (Å²) in [7, 11) is 1.80. The van der Waals surface area contributed by atoms with Gasteiger partial charge in [0, 0.05) is 18.7 Å². The minimum absolute atomic E-state index is 0.275. The number of aromatic nitrogens is 3. The molecule has 1 saturated carbocycles. The second-order valence-electron chi connectivity index (χ2n) is 7.59. The zero-order chi connectivity index (χ0) is 21.6. The number of carbonyl (C=O) groups is 1. The van der Waals surface area contributed by atoms with Crippen LogP contribution in [0.3, 0.4) is 0 Å². The Morgan fingerprint density at radius 1 is 1.27 bits per heavy atom. The normalized spacial score (nSPS) is 15.3. The fourth-order valence-electron chi connectivity index (χ4n) is 3.55. The van der Waals surface area contributed by atoms with E-state index in [4.69, 9.17) is 4.98 Å². The molecule has 2 aromatic heterocycles. The van der Waals surface area contributed by atoms with Crippen LogP contribution in [-0.4, -0.2) is 27.0 Å². The Bertz CT molecular complexity index is 1100. The molecule has 4 rings (SSSR count). The number of rotatable bonds is 5. The van der Waals surface area contributed by atoms with E-state index in [0.29, 0.717) is 33.8 Å². The topological polar surface area (TPSA) is 69.0 Å². The number of hydrogen-bond donors (Lipinski definition) is 1. The summed E-state index contributed by atoms with van der Waals surface area (Å²) >= 11 is 0. The van der Waals surface area contributed by atoms with E-state index < -0.39 is 12.4 Å². The summed E-state index contributed by atoms with van der Waals surface area (Å²) in [6.45, 7) is 3.61. The molecule has 1 aromatic carbocycles. The summed E-state index contributed by atoms with van der Waals surface area (Å²) in [5, 5.41) is 8.04. The Balaban J connectivity index is 1.58. The van der Waals surface area contributed by atoms with E-state index in [-0.39, 0.29) is 11.7 Å². The molecule has 1 atom stereocenters. The summed E-state index contributed by atoms with van der Waals surface area (Å²) in [6.07, 6.45) is -2.63. The minimum atomic E-state index is -4.74. The number of carbonyl (C=O) groups excluding carboxylic acids is 1.